The number of carbonyl (C=O) groups excluding carboxylic acids is 2. The van der Waals surface area contributed by atoms with Crippen molar-refractivity contribution in [2.75, 3.05) is 27.9 Å². The van der Waals surface area contributed by atoms with Gasteiger partial charge in [0.15, 0.2) is 17.3 Å². The summed E-state index contributed by atoms with van der Waals surface area (Å²) in [6, 6.07) is 17.8. The molecule has 2 bridgehead atoms. The van der Waals surface area contributed by atoms with E-state index in [2.05, 4.69) is 36.8 Å². The van der Waals surface area contributed by atoms with E-state index in [1.54, 1.807) is 54.5 Å². The average Bonchev–Trinajstić information content (AvgIpc) is 3.49. The molecule has 6 aliphatic carbocycles. The molecule has 9 nitrogen and oxygen atoms in total. The van der Waals surface area contributed by atoms with Gasteiger partial charge < -0.3 is 34.1 Å². The summed E-state index contributed by atoms with van der Waals surface area (Å²) in [6.07, 6.45) is 5.73. The van der Waals surface area contributed by atoms with Crippen molar-refractivity contribution in [3.8, 4) is 23.0 Å². The third-order valence-corrected chi connectivity index (χ3v) is 15.4. The van der Waals surface area contributed by atoms with Gasteiger partial charge in [-0.2, -0.15) is 0 Å². The van der Waals surface area contributed by atoms with Crippen LogP contribution in [-0.4, -0.2) is 72.7 Å². The van der Waals surface area contributed by atoms with Gasteiger partial charge in [-0.15, -0.1) is 13.2 Å². The van der Waals surface area contributed by atoms with Crippen LogP contribution in [0.15, 0.2) is 90.5 Å². The zero-order chi connectivity index (χ0) is 42.9. The normalized spacial score (nSPS) is 32.6. The summed E-state index contributed by atoms with van der Waals surface area (Å²) >= 11 is 0. The second-order valence-electron chi connectivity index (χ2n) is 18.2. The van der Waals surface area contributed by atoms with Crippen molar-refractivity contribution in [2.24, 2.45) is 33.5 Å². The molecule has 2 spiro atoms. The number of benzene rings is 3. The Kier molecular flexibility index (Phi) is 10.5. The lowest BCUT2D eigenvalue weighted by Crippen LogP contribution is -2.67. The van der Waals surface area contributed by atoms with Crippen molar-refractivity contribution in [3.05, 3.63) is 107 Å². The molecule has 8 unspecified atom stereocenters. The minimum Gasteiger partial charge on any atom is -0.497 e. The molecule has 2 N–H and O–H groups in total. The Morgan fingerprint density at radius 1 is 0.783 bits per heavy atom. The summed E-state index contributed by atoms with van der Waals surface area (Å²) in [4.78, 5) is 31.1. The van der Waals surface area contributed by atoms with Crippen molar-refractivity contribution in [3.63, 3.8) is 0 Å². The molecule has 320 valence electrons. The van der Waals surface area contributed by atoms with Crippen LogP contribution in [0.4, 0.5) is 13.2 Å². The highest BCUT2D eigenvalue weighted by Crippen LogP contribution is 2.78. The molecule has 3 aromatic rings. The lowest BCUT2D eigenvalue weighted by Gasteiger charge is -2.71. The molecule has 0 aliphatic heterocycles. The summed E-state index contributed by atoms with van der Waals surface area (Å²) in [6.45, 7) is 4.44. The number of ether oxygens (including phenoxy) is 4. The minimum absolute atomic E-state index is 0.0270. The molecule has 0 saturated heterocycles. The smallest absolute Gasteiger partial charge is 0.497 e. The summed E-state index contributed by atoms with van der Waals surface area (Å²) < 4.78 is 59.4. The maximum absolute atomic E-state index is 15.0. The predicted molar refractivity (Wildman–Crippen MR) is 218 cm³/mol. The highest BCUT2D eigenvalue weighted by Gasteiger charge is 2.74. The Bertz CT molecular complexity index is 2210. The topological polar surface area (TPSA) is 115 Å². The third kappa shape index (κ3) is 6.69. The quantitative estimate of drug-likeness (QED) is 0.138. The van der Waals surface area contributed by atoms with Gasteiger partial charge >= 0.3 is 6.36 Å². The minimum atomic E-state index is -4.85. The van der Waals surface area contributed by atoms with E-state index >= 15 is 0 Å². The van der Waals surface area contributed by atoms with Crippen LogP contribution in [0.5, 0.6) is 23.0 Å². The highest BCUT2D eigenvalue weighted by atomic mass is 19.4. The van der Waals surface area contributed by atoms with Gasteiger partial charge in [-0.3, -0.25) is 9.59 Å². The third-order valence-electron chi connectivity index (χ3n) is 15.4. The average molecular weight is 830 g/mol. The van der Waals surface area contributed by atoms with E-state index in [9.17, 15) is 33.0 Å². The van der Waals surface area contributed by atoms with Crippen LogP contribution in [0.3, 0.4) is 0 Å². The molecule has 0 heterocycles. The van der Waals surface area contributed by atoms with Gasteiger partial charge in [-0.25, -0.2) is 0 Å². The number of Topliss-reactive ketones (excluding diaryl/α,β-unsaturated/α-hetero) is 1. The monoisotopic (exact) mass is 829 g/mol. The zero-order valence-corrected chi connectivity index (χ0v) is 34.8. The highest BCUT2D eigenvalue weighted by molar-refractivity contribution is 6.10. The number of hydrogen-bond acceptors (Lipinski definition) is 8. The molecule has 60 heavy (non-hydrogen) atoms. The maximum Gasteiger partial charge on any atom is 0.573 e. The summed E-state index contributed by atoms with van der Waals surface area (Å²) in [7, 11) is 4.62. The van der Waals surface area contributed by atoms with Gasteiger partial charge in [0.1, 0.15) is 11.5 Å². The van der Waals surface area contributed by atoms with Crippen LogP contribution in [-0.2, 0) is 17.8 Å². The van der Waals surface area contributed by atoms with Crippen molar-refractivity contribution < 1.29 is 51.9 Å². The van der Waals surface area contributed by atoms with Crippen LogP contribution in [0.25, 0.3) is 0 Å². The van der Waals surface area contributed by atoms with E-state index in [0.717, 1.165) is 18.4 Å². The maximum atomic E-state index is 15.0. The molecule has 0 aromatic heterocycles. The number of methoxy groups -OCH3 is 3. The first kappa shape index (κ1) is 41.9. The van der Waals surface area contributed by atoms with Crippen molar-refractivity contribution >= 4 is 11.7 Å². The first-order valence-corrected chi connectivity index (χ1v) is 20.8. The number of hydrogen-bond donors (Lipinski definition) is 2. The van der Waals surface area contributed by atoms with E-state index in [1.165, 1.54) is 38.5 Å². The van der Waals surface area contributed by atoms with E-state index in [-0.39, 0.29) is 54.2 Å². The molecule has 6 aliphatic rings. The van der Waals surface area contributed by atoms with Crippen LogP contribution >= 0.6 is 0 Å². The number of aliphatic hydroxyl groups excluding tert-OH is 1. The van der Waals surface area contributed by atoms with Gasteiger partial charge in [-0.05, 0) is 122 Å². The number of carbonyl (C=O) groups is 2. The number of allylic oxidation sites excluding steroid dienone is 4. The first-order chi connectivity index (χ1) is 28.4. The molecule has 3 aromatic carbocycles. The number of amides is 1. The number of fused-ring (bicyclic) bond motifs is 1. The number of halogens is 3. The fraction of sp³-hybridized carbons (Fsp3) is 0.500. The largest absolute Gasteiger partial charge is 0.573 e. The lowest BCUT2D eigenvalue weighted by atomic mass is 9.32. The standard InChI is InChI=1S/C48H54F3NO8/c1-43-19-16-33(53)26-45(43)22-23-47(36(27-45)42(55)32-9-13-34(57-3)14-10-32)39(43)17-20-44(2)40(47)18-21-46(44,56)29-52(28-30-6-11-35(12-7-30)60-48(49,50)51)41(54)25-31-8-15-37(58-4)38(24-31)59-5/h6-15,22-24,27,33,39-40,53,56H,16-21,25-26,28-29H2,1-5H3. The summed E-state index contributed by atoms with van der Waals surface area (Å²) in [5.74, 6) is 0.794. The van der Waals surface area contributed by atoms with Crippen LogP contribution in [0, 0.1) is 33.5 Å². The Hall–Kier alpha value is -4.81. The number of nitrogens with zero attached hydrogens (tertiary/aromatic N) is 1. The molecular weight excluding hydrogens is 776 g/mol. The molecular formula is C48H54F3NO8. The van der Waals surface area contributed by atoms with Crippen molar-refractivity contribution in [1.82, 2.24) is 4.90 Å². The Balaban J connectivity index is 1.16. The van der Waals surface area contributed by atoms with Gasteiger partial charge in [0.05, 0.1) is 46.0 Å². The molecule has 8 atom stereocenters. The number of aliphatic hydroxyl groups is 2. The zero-order valence-electron chi connectivity index (χ0n) is 34.8. The van der Waals surface area contributed by atoms with E-state index in [1.807, 2.05) is 0 Å². The van der Waals surface area contributed by atoms with Gasteiger partial charge in [0.2, 0.25) is 5.91 Å². The summed E-state index contributed by atoms with van der Waals surface area (Å²) in [5, 5.41) is 24.3. The van der Waals surface area contributed by atoms with Gasteiger partial charge in [0, 0.05) is 33.9 Å². The fourth-order valence-corrected chi connectivity index (χ4v) is 12.3. The van der Waals surface area contributed by atoms with Gasteiger partial charge in [-0.1, -0.05) is 50.3 Å². The van der Waals surface area contributed by atoms with Crippen molar-refractivity contribution in [2.45, 2.75) is 89.8 Å². The SMILES string of the molecule is COc1ccc(C(=O)C2=CC34C=CC25C(CCC2(C)C5CCC2(O)CN(Cc2ccc(OC(F)(F)F)cc2)C(=O)Cc2ccc(OC)c(OC)c2)C3(C)CCC(O)C4)cc1. The number of rotatable bonds is 12. The van der Waals surface area contributed by atoms with E-state index in [0.29, 0.717) is 66.0 Å². The van der Waals surface area contributed by atoms with Crippen LogP contribution in [0.2, 0.25) is 0 Å². The molecule has 3 fully saturated rings. The Morgan fingerprint density at radius 2 is 1.42 bits per heavy atom. The number of alkyl halides is 3. The second-order valence-corrected chi connectivity index (χ2v) is 18.2. The Morgan fingerprint density at radius 3 is 2.08 bits per heavy atom. The van der Waals surface area contributed by atoms with Crippen LogP contribution < -0.4 is 18.9 Å². The molecule has 3 saturated carbocycles. The predicted octanol–water partition coefficient (Wildman–Crippen LogP) is 8.66. The van der Waals surface area contributed by atoms with Crippen LogP contribution in [0.1, 0.15) is 80.3 Å². The van der Waals surface area contributed by atoms with E-state index < -0.39 is 34.3 Å². The van der Waals surface area contributed by atoms with Gasteiger partial charge in [0.25, 0.3) is 0 Å². The lowest BCUT2D eigenvalue weighted by molar-refractivity contribution is -0.274. The number of ketones is 1. The molecule has 1 amide bonds. The Labute approximate surface area is 349 Å². The molecule has 12 heteroatoms. The molecule has 0 radical (unpaired) electrons. The van der Waals surface area contributed by atoms with Crippen molar-refractivity contribution in [1.29, 1.82) is 0 Å². The second kappa shape index (κ2) is 15.0. The summed E-state index contributed by atoms with van der Waals surface area (Å²) in [5.41, 5.74) is -1.08. The molecule has 9 rings (SSSR count). The van der Waals surface area contributed by atoms with E-state index in [4.69, 9.17) is 14.2 Å². The first-order valence-electron chi connectivity index (χ1n) is 20.8. The fourth-order valence-electron chi connectivity index (χ4n) is 12.3.